The summed E-state index contributed by atoms with van der Waals surface area (Å²) in [5.41, 5.74) is 1.71. The van der Waals surface area contributed by atoms with Crippen molar-refractivity contribution in [3.63, 3.8) is 0 Å². The second-order valence-electron chi connectivity index (χ2n) is 4.93. The van der Waals surface area contributed by atoms with Crippen LogP contribution in [0.15, 0.2) is 48.8 Å². The van der Waals surface area contributed by atoms with E-state index in [0.717, 1.165) is 23.4 Å². The number of nitrogens with zero attached hydrogens (tertiary/aromatic N) is 3. The van der Waals surface area contributed by atoms with Gasteiger partial charge in [-0.05, 0) is 31.2 Å². The zero-order valence-corrected chi connectivity index (χ0v) is 12.1. The first-order chi connectivity index (χ1) is 11.0. The van der Waals surface area contributed by atoms with Gasteiger partial charge < -0.3 is 5.32 Å². The molecule has 0 unspecified atom stereocenters. The minimum Gasteiger partial charge on any atom is -0.317 e. The zero-order chi connectivity index (χ0) is 16.4. The highest BCUT2D eigenvalue weighted by Crippen LogP contribution is 2.15. The summed E-state index contributed by atoms with van der Waals surface area (Å²) in [5, 5.41) is 6.36. The van der Waals surface area contributed by atoms with Gasteiger partial charge in [0.05, 0.1) is 11.4 Å². The Morgan fingerprint density at radius 1 is 1.13 bits per heavy atom. The number of aryl methyl sites for hydroxylation is 1. The monoisotopic (exact) mass is 314 g/mol. The summed E-state index contributed by atoms with van der Waals surface area (Å²) in [6, 6.07) is 10.4. The summed E-state index contributed by atoms with van der Waals surface area (Å²) < 4.78 is 27.8. The number of carbonyl (C=O) groups is 1. The SMILES string of the molecule is Cc1ccc(-n2cnc(C(=O)Nc3ccc(F)cc3F)n2)cc1. The molecule has 116 valence electrons. The number of rotatable bonds is 3. The molecule has 7 heteroatoms. The van der Waals surface area contributed by atoms with E-state index >= 15 is 0 Å². The largest absolute Gasteiger partial charge is 0.317 e. The lowest BCUT2D eigenvalue weighted by Gasteiger charge is -2.04. The lowest BCUT2D eigenvalue weighted by Crippen LogP contribution is -2.15. The van der Waals surface area contributed by atoms with Crippen LogP contribution >= 0.6 is 0 Å². The lowest BCUT2D eigenvalue weighted by atomic mass is 10.2. The summed E-state index contributed by atoms with van der Waals surface area (Å²) in [6.45, 7) is 1.96. The van der Waals surface area contributed by atoms with E-state index < -0.39 is 17.5 Å². The summed E-state index contributed by atoms with van der Waals surface area (Å²) in [7, 11) is 0. The third-order valence-electron chi connectivity index (χ3n) is 3.17. The Labute approximate surface area is 130 Å². The Morgan fingerprint density at radius 2 is 1.87 bits per heavy atom. The molecule has 1 heterocycles. The third-order valence-corrected chi connectivity index (χ3v) is 3.17. The molecule has 0 saturated carbocycles. The van der Waals surface area contributed by atoms with Crippen LogP contribution in [0.2, 0.25) is 0 Å². The van der Waals surface area contributed by atoms with Gasteiger partial charge in [0, 0.05) is 6.07 Å². The van der Waals surface area contributed by atoms with Gasteiger partial charge >= 0.3 is 0 Å². The molecule has 0 bridgehead atoms. The second kappa shape index (κ2) is 5.96. The van der Waals surface area contributed by atoms with Crippen LogP contribution in [0.25, 0.3) is 5.69 Å². The standard InChI is InChI=1S/C16H12F2N4O/c1-10-2-5-12(6-3-10)22-9-19-15(21-22)16(23)20-14-7-4-11(17)8-13(14)18/h2-9H,1H3,(H,20,23). The number of halogens is 2. The van der Waals surface area contributed by atoms with Crippen LogP contribution in [0.4, 0.5) is 14.5 Å². The predicted molar refractivity (Wildman–Crippen MR) is 80.4 cm³/mol. The van der Waals surface area contributed by atoms with Gasteiger partial charge in [0.15, 0.2) is 0 Å². The lowest BCUT2D eigenvalue weighted by molar-refractivity contribution is 0.101. The topological polar surface area (TPSA) is 59.8 Å². The molecule has 1 N–H and O–H groups in total. The number of benzene rings is 2. The molecule has 3 aromatic rings. The summed E-state index contributed by atoms with van der Waals surface area (Å²) in [4.78, 5) is 15.9. The van der Waals surface area contributed by atoms with E-state index in [4.69, 9.17) is 0 Å². The van der Waals surface area contributed by atoms with Crippen LogP contribution in [0.3, 0.4) is 0 Å². The van der Waals surface area contributed by atoms with E-state index in [9.17, 15) is 13.6 Å². The normalized spacial score (nSPS) is 10.6. The van der Waals surface area contributed by atoms with E-state index in [1.165, 1.54) is 11.0 Å². The Bertz CT molecular complexity index is 859. The number of carbonyl (C=O) groups excluding carboxylic acids is 1. The van der Waals surface area contributed by atoms with Gasteiger partial charge in [-0.2, -0.15) is 0 Å². The fraction of sp³-hybridized carbons (Fsp3) is 0.0625. The van der Waals surface area contributed by atoms with Crippen molar-refractivity contribution in [3.05, 3.63) is 71.8 Å². The van der Waals surface area contributed by atoms with E-state index in [-0.39, 0.29) is 11.5 Å². The van der Waals surface area contributed by atoms with E-state index in [2.05, 4.69) is 15.4 Å². The van der Waals surface area contributed by atoms with E-state index in [1.54, 1.807) is 0 Å². The molecule has 0 radical (unpaired) electrons. The molecule has 0 spiro atoms. The first-order valence-corrected chi connectivity index (χ1v) is 6.78. The summed E-state index contributed by atoms with van der Waals surface area (Å²) >= 11 is 0. The number of anilines is 1. The minimum atomic E-state index is -0.865. The first kappa shape index (κ1) is 14.8. The molecule has 5 nitrogen and oxygen atoms in total. The molecule has 0 saturated heterocycles. The molecule has 2 aromatic carbocycles. The maximum atomic E-state index is 13.5. The Morgan fingerprint density at radius 3 is 2.57 bits per heavy atom. The van der Waals surface area contributed by atoms with Crippen molar-refractivity contribution in [2.75, 3.05) is 5.32 Å². The van der Waals surface area contributed by atoms with E-state index in [1.807, 2.05) is 31.2 Å². The fourth-order valence-electron chi connectivity index (χ4n) is 1.96. The molecule has 1 amide bonds. The first-order valence-electron chi connectivity index (χ1n) is 6.78. The van der Waals surface area contributed by atoms with E-state index in [0.29, 0.717) is 6.07 Å². The van der Waals surface area contributed by atoms with Crippen LogP contribution in [-0.2, 0) is 0 Å². The highest BCUT2D eigenvalue weighted by molar-refractivity contribution is 6.01. The predicted octanol–water partition coefficient (Wildman–Crippen LogP) is 3.11. The number of hydrogen-bond acceptors (Lipinski definition) is 3. The number of amides is 1. The molecular weight excluding hydrogens is 302 g/mol. The van der Waals surface area contributed by atoms with Gasteiger partial charge in [-0.1, -0.05) is 17.7 Å². The number of nitrogens with one attached hydrogen (secondary N) is 1. The van der Waals surface area contributed by atoms with Crippen LogP contribution in [0, 0.1) is 18.6 Å². The molecule has 0 aliphatic rings. The van der Waals surface area contributed by atoms with Crippen molar-refractivity contribution >= 4 is 11.6 Å². The smallest absolute Gasteiger partial charge is 0.295 e. The third kappa shape index (κ3) is 3.23. The number of aromatic nitrogens is 3. The Balaban J connectivity index is 1.79. The Hall–Kier alpha value is -3.09. The fourth-order valence-corrected chi connectivity index (χ4v) is 1.96. The van der Waals surface area contributed by atoms with Gasteiger partial charge in [-0.25, -0.2) is 18.4 Å². The maximum Gasteiger partial charge on any atom is 0.295 e. The van der Waals surface area contributed by atoms with Crippen LogP contribution in [0.1, 0.15) is 16.2 Å². The molecule has 23 heavy (non-hydrogen) atoms. The molecule has 3 rings (SSSR count). The molecule has 1 aromatic heterocycles. The highest BCUT2D eigenvalue weighted by Gasteiger charge is 2.14. The van der Waals surface area contributed by atoms with Crippen molar-refractivity contribution in [2.24, 2.45) is 0 Å². The minimum absolute atomic E-state index is 0.116. The molecule has 0 aliphatic carbocycles. The van der Waals surface area contributed by atoms with Crippen LogP contribution in [-0.4, -0.2) is 20.7 Å². The van der Waals surface area contributed by atoms with Crippen molar-refractivity contribution in [1.29, 1.82) is 0 Å². The maximum absolute atomic E-state index is 13.5. The van der Waals surface area contributed by atoms with Crippen molar-refractivity contribution in [3.8, 4) is 5.69 Å². The number of hydrogen-bond donors (Lipinski definition) is 1. The van der Waals surface area contributed by atoms with Crippen molar-refractivity contribution < 1.29 is 13.6 Å². The second-order valence-corrected chi connectivity index (χ2v) is 4.93. The molecule has 0 fully saturated rings. The van der Waals surface area contributed by atoms with Crippen LogP contribution in [0.5, 0.6) is 0 Å². The Kier molecular flexibility index (Phi) is 3.84. The van der Waals surface area contributed by atoms with Crippen molar-refractivity contribution in [1.82, 2.24) is 14.8 Å². The molecule has 0 aliphatic heterocycles. The van der Waals surface area contributed by atoms with Gasteiger partial charge in [-0.15, -0.1) is 5.10 Å². The average Bonchev–Trinajstić information content (AvgIpc) is 3.01. The highest BCUT2D eigenvalue weighted by atomic mass is 19.1. The average molecular weight is 314 g/mol. The van der Waals surface area contributed by atoms with Crippen LogP contribution < -0.4 is 5.32 Å². The molecular formula is C16H12F2N4O. The van der Waals surface area contributed by atoms with Gasteiger partial charge in [0.1, 0.15) is 18.0 Å². The summed E-state index contributed by atoms with van der Waals surface area (Å²) in [5.74, 6) is -2.38. The van der Waals surface area contributed by atoms with Gasteiger partial charge in [0.2, 0.25) is 5.82 Å². The molecule has 0 atom stereocenters. The quantitative estimate of drug-likeness (QED) is 0.808. The van der Waals surface area contributed by atoms with Gasteiger partial charge in [0.25, 0.3) is 5.91 Å². The van der Waals surface area contributed by atoms with Gasteiger partial charge in [-0.3, -0.25) is 4.79 Å². The zero-order valence-electron chi connectivity index (χ0n) is 12.1. The van der Waals surface area contributed by atoms with Crippen molar-refractivity contribution in [2.45, 2.75) is 6.92 Å². The summed E-state index contributed by atoms with van der Waals surface area (Å²) in [6.07, 6.45) is 1.39.